The molecule has 2 aliphatic rings. The Morgan fingerprint density at radius 3 is 1.78 bits per heavy atom. The molecule has 0 unspecified atom stereocenters. The average Bonchev–Trinajstić information content (AvgIpc) is 3.49. The molecule has 0 saturated heterocycles. The Bertz CT molecular complexity index is 2450. The Hall–Kier alpha value is -5.40. The van der Waals surface area contributed by atoms with Crippen molar-refractivity contribution in [2.45, 2.75) is 52.4 Å². The zero-order valence-electron chi connectivity index (χ0n) is 29.2. The molecular weight excluding hydrogens is 591 g/mol. The monoisotopic (exact) mass is 631 g/mol. The van der Waals surface area contributed by atoms with Crippen LogP contribution in [-0.2, 0) is 10.8 Å². The van der Waals surface area contributed by atoms with Gasteiger partial charge >= 0.3 is 0 Å². The van der Waals surface area contributed by atoms with Gasteiger partial charge in [0, 0.05) is 22.1 Å². The normalized spacial score (nSPS) is 14.7. The van der Waals surface area contributed by atoms with Crippen molar-refractivity contribution in [3.8, 4) is 33.4 Å². The fraction of sp³-hybridized carbons (Fsp3) is 0.167. The number of aryl methyl sites for hydroxylation is 2. The zero-order chi connectivity index (χ0) is 33.7. The third-order valence-electron chi connectivity index (χ3n) is 11.4. The summed E-state index contributed by atoms with van der Waals surface area (Å²) in [4.78, 5) is 2.56. The molecule has 0 saturated carbocycles. The Morgan fingerprint density at radius 1 is 0.429 bits per heavy atom. The van der Waals surface area contributed by atoms with Crippen LogP contribution >= 0.6 is 0 Å². The van der Waals surface area contributed by atoms with Gasteiger partial charge in [-0.05, 0) is 122 Å². The Morgan fingerprint density at radius 2 is 1.02 bits per heavy atom. The molecule has 0 radical (unpaired) electrons. The maximum absolute atomic E-state index is 2.56. The van der Waals surface area contributed by atoms with Gasteiger partial charge in [0.05, 0.1) is 11.4 Å². The van der Waals surface area contributed by atoms with Crippen molar-refractivity contribution >= 4 is 27.8 Å². The highest BCUT2D eigenvalue weighted by atomic mass is 15.2. The fourth-order valence-electron chi connectivity index (χ4n) is 8.99. The van der Waals surface area contributed by atoms with E-state index < -0.39 is 0 Å². The van der Waals surface area contributed by atoms with Gasteiger partial charge in [0.15, 0.2) is 0 Å². The summed E-state index contributed by atoms with van der Waals surface area (Å²) in [5.41, 5.74) is 19.4. The Balaban J connectivity index is 1.29. The first kappa shape index (κ1) is 29.7. The number of hydrogen-bond donors (Lipinski definition) is 0. The van der Waals surface area contributed by atoms with Gasteiger partial charge in [-0.2, -0.15) is 0 Å². The lowest BCUT2D eigenvalue weighted by molar-refractivity contribution is 0.660. The molecule has 0 atom stereocenters. The summed E-state index contributed by atoms with van der Waals surface area (Å²) in [7, 11) is 0. The van der Waals surface area contributed by atoms with Crippen LogP contribution in [0.15, 0.2) is 140 Å². The minimum Gasteiger partial charge on any atom is -0.309 e. The second-order valence-corrected chi connectivity index (χ2v) is 15.1. The first-order valence-corrected chi connectivity index (χ1v) is 17.5. The van der Waals surface area contributed by atoms with E-state index in [1.165, 1.54) is 94.6 Å². The lowest BCUT2D eigenvalue weighted by atomic mass is 9.82. The molecule has 0 heterocycles. The van der Waals surface area contributed by atoms with E-state index in [2.05, 4.69) is 186 Å². The number of benzene rings is 7. The fourth-order valence-corrected chi connectivity index (χ4v) is 8.99. The van der Waals surface area contributed by atoms with Crippen LogP contribution in [0.25, 0.3) is 44.2 Å². The molecule has 0 spiro atoms. The lowest BCUT2D eigenvalue weighted by Crippen LogP contribution is -2.18. The summed E-state index contributed by atoms with van der Waals surface area (Å²) in [6, 6.07) is 52.2. The van der Waals surface area contributed by atoms with Gasteiger partial charge in [0.25, 0.3) is 0 Å². The molecule has 9 rings (SSSR count). The van der Waals surface area contributed by atoms with Crippen molar-refractivity contribution in [2.24, 2.45) is 0 Å². The SMILES string of the molecule is Cc1cc(-c2ccc3ccccc3c2)cc(C)c1N(c1ccc2c(c1)C(C)(C)c1ccccc1-2)c1cccc2c1-c1ccccc1C2(C)C. The third kappa shape index (κ3) is 4.31. The first-order valence-electron chi connectivity index (χ1n) is 17.5. The van der Waals surface area contributed by atoms with Crippen LogP contribution in [-0.4, -0.2) is 0 Å². The van der Waals surface area contributed by atoms with Gasteiger partial charge in [-0.1, -0.05) is 131 Å². The summed E-state index contributed by atoms with van der Waals surface area (Å²) in [6.45, 7) is 14.1. The number of nitrogens with zero attached hydrogens (tertiary/aromatic N) is 1. The molecule has 238 valence electrons. The highest BCUT2D eigenvalue weighted by Crippen LogP contribution is 2.56. The molecule has 0 bridgehead atoms. The molecule has 2 aliphatic carbocycles. The molecular formula is C48H41N. The van der Waals surface area contributed by atoms with Crippen LogP contribution in [0.5, 0.6) is 0 Å². The van der Waals surface area contributed by atoms with Gasteiger partial charge in [0.2, 0.25) is 0 Å². The molecule has 0 aromatic heterocycles. The van der Waals surface area contributed by atoms with Crippen molar-refractivity contribution in [3.63, 3.8) is 0 Å². The zero-order valence-corrected chi connectivity index (χ0v) is 29.2. The first-order chi connectivity index (χ1) is 23.6. The molecule has 0 amide bonds. The second kappa shape index (κ2) is 10.5. The van der Waals surface area contributed by atoms with Crippen LogP contribution < -0.4 is 4.90 Å². The maximum atomic E-state index is 2.56. The summed E-state index contributed by atoms with van der Waals surface area (Å²) in [6.07, 6.45) is 0. The topological polar surface area (TPSA) is 3.24 Å². The summed E-state index contributed by atoms with van der Waals surface area (Å²) >= 11 is 0. The third-order valence-corrected chi connectivity index (χ3v) is 11.4. The quantitative estimate of drug-likeness (QED) is 0.187. The molecule has 1 heteroatoms. The van der Waals surface area contributed by atoms with E-state index in [4.69, 9.17) is 0 Å². The van der Waals surface area contributed by atoms with Gasteiger partial charge in [-0.3, -0.25) is 0 Å². The van der Waals surface area contributed by atoms with Crippen LogP contribution in [0, 0.1) is 13.8 Å². The molecule has 0 N–H and O–H groups in total. The van der Waals surface area contributed by atoms with E-state index in [9.17, 15) is 0 Å². The highest BCUT2D eigenvalue weighted by Gasteiger charge is 2.39. The van der Waals surface area contributed by atoms with Crippen molar-refractivity contribution in [2.75, 3.05) is 4.90 Å². The molecule has 0 aliphatic heterocycles. The van der Waals surface area contributed by atoms with Crippen molar-refractivity contribution in [1.29, 1.82) is 0 Å². The lowest BCUT2D eigenvalue weighted by Gasteiger charge is -2.32. The average molecular weight is 632 g/mol. The largest absolute Gasteiger partial charge is 0.309 e. The number of hydrogen-bond acceptors (Lipinski definition) is 1. The van der Waals surface area contributed by atoms with Crippen molar-refractivity contribution in [1.82, 2.24) is 0 Å². The Labute approximate surface area is 290 Å². The van der Waals surface area contributed by atoms with E-state index in [1.807, 2.05) is 0 Å². The van der Waals surface area contributed by atoms with Crippen molar-refractivity contribution in [3.05, 3.63) is 173 Å². The number of rotatable bonds is 4. The van der Waals surface area contributed by atoms with Crippen LogP contribution in [0.1, 0.15) is 61.1 Å². The predicted molar refractivity (Wildman–Crippen MR) is 209 cm³/mol. The number of anilines is 3. The predicted octanol–water partition coefficient (Wildman–Crippen LogP) is 13.2. The van der Waals surface area contributed by atoms with E-state index in [-0.39, 0.29) is 10.8 Å². The minimum atomic E-state index is -0.0924. The summed E-state index contributed by atoms with van der Waals surface area (Å²) in [5, 5.41) is 2.54. The van der Waals surface area contributed by atoms with Crippen LogP contribution in [0.4, 0.5) is 17.1 Å². The highest BCUT2D eigenvalue weighted by molar-refractivity contribution is 5.97. The summed E-state index contributed by atoms with van der Waals surface area (Å²) in [5.74, 6) is 0. The number of fused-ring (bicyclic) bond motifs is 7. The van der Waals surface area contributed by atoms with Crippen LogP contribution in [0.2, 0.25) is 0 Å². The molecule has 7 aromatic rings. The minimum absolute atomic E-state index is 0.0841. The van der Waals surface area contributed by atoms with Crippen LogP contribution in [0.3, 0.4) is 0 Å². The van der Waals surface area contributed by atoms with Gasteiger partial charge in [-0.15, -0.1) is 0 Å². The maximum Gasteiger partial charge on any atom is 0.0543 e. The van der Waals surface area contributed by atoms with E-state index >= 15 is 0 Å². The molecule has 0 fully saturated rings. The molecule has 49 heavy (non-hydrogen) atoms. The van der Waals surface area contributed by atoms with Gasteiger partial charge < -0.3 is 4.90 Å². The second-order valence-electron chi connectivity index (χ2n) is 15.1. The van der Waals surface area contributed by atoms with Gasteiger partial charge in [-0.25, -0.2) is 0 Å². The molecule has 1 nitrogen and oxygen atoms in total. The summed E-state index contributed by atoms with van der Waals surface area (Å²) < 4.78 is 0. The smallest absolute Gasteiger partial charge is 0.0543 e. The van der Waals surface area contributed by atoms with Gasteiger partial charge in [0.1, 0.15) is 0 Å². The standard InChI is InChI=1S/C48H41N/c1-30-26-35(34-23-22-32-14-7-8-15-33(32)28-34)27-31(2)46(30)49(36-24-25-38-37-16-9-11-18-40(37)48(5,6)43(38)29-36)44-21-13-20-42-45(44)39-17-10-12-19-41(39)47(42,3)4/h7-29H,1-6H3. The Kier molecular flexibility index (Phi) is 6.40. The molecule has 7 aromatic carbocycles. The van der Waals surface area contributed by atoms with E-state index in [1.54, 1.807) is 0 Å². The van der Waals surface area contributed by atoms with Crippen molar-refractivity contribution < 1.29 is 0 Å². The van der Waals surface area contributed by atoms with E-state index in [0.29, 0.717) is 0 Å². The van der Waals surface area contributed by atoms with E-state index in [0.717, 1.165) is 0 Å².